The number of likely N-dealkylation sites (N-methyl/N-ethyl adjacent to an activating group) is 2. The number of rotatable bonds is 6. The number of furan rings is 1. The van der Waals surface area contributed by atoms with Crippen molar-refractivity contribution in [2.75, 3.05) is 34.2 Å². The molecule has 0 spiro atoms. The molecule has 2 N–H and O–H groups in total. The first-order valence-electron chi connectivity index (χ1n) is 6.70. The zero-order valence-electron chi connectivity index (χ0n) is 11.7. The third kappa shape index (κ3) is 2.46. The lowest BCUT2D eigenvalue weighted by Gasteiger charge is -2.50. The Bertz CT molecular complexity index is 357. The summed E-state index contributed by atoms with van der Waals surface area (Å²) in [6.07, 6.45) is 5.61. The van der Waals surface area contributed by atoms with Gasteiger partial charge in [0.1, 0.15) is 5.76 Å². The normalized spacial score (nSPS) is 20.1. The van der Waals surface area contributed by atoms with Crippen LogP contribution < -0.4 is 5.73 Å². The average molecular weight is 251 g/mol. The van der Waals surface area contributed by atoms with Crippen LogP contribution in [0.15, 0.2) is 22.8 Å². The molecule has 4 heteroatoms. The lowest BCUT2D eigenvalue weighted by atomic mass is 9.75. The largest absolute Gasteiger partial charge is 0.468 e. The van der Waals surface area contributed by atoms with Crippen LogP contribution in [0, 0.1) is 0 Å². The third-order valence-electron chi connectivity index (χ3n) is 4.40. The fourth-order valence-corrected chi connectivity index (χ4v) is 2.90. The van der Waals surface area contributed by atoms with Gasteiger partial charge in [0.2, 0.25) is 0 Å². The standard InChI is InChI=1S/C14H25N3O/c1-16(2)14(7-5-8-14)11-17(3)12(10-15)13-6-4-9-18-13/h4,6,9,12H,5,7-8,10-11,15H2,1-3H3. The van der Waals surface area contributed by atoms with E-state index in [0.29, 0.717) is 12.1 Å². The Morgan fingerprint density at radius 2 is 2.11 bits per heavy atom. The van der Waals surface area contributed by atoms with E-state index >= 15 is 0 Å². The molecule has 0 bridgehead atoms. The number of nitrogens with zero attached hydrogens (tertiary/aromatic N) is 2. The van der Waals surface area contributed by atoms with Crippen LogP contribution in [0.1, 0.15) is 31.1 Å². The van der Waals surface area contributed by atoms with Crippen molar-refractivity contribution in [3.05, 3.63) is 24.2 Å². The summed E-state index contributed by atoms with van der Waals surface area (Å²) in [6.45, 7) is 1.64. The minimum atomic E-state index is 0.178. The highest BCUT2D eigenvalue weighted by Gasteiger charge is 2.41. The van der Waals surface area contributed by atoms with Crippen molar-refractivity contribution in [1.82, 2.24) is 9.80 Å². The molecular formula is C14H25N3O. The second-order valence-electron chi connectivity index (χ2n) is 5.65. The van der Waals surface area contributed by atoms with E-state index in [4.69, 9.17) is 10.2 Å². The summed E-state index contributed by atoms with van der Waals surface area (Å²) in [5.74, 6) is 0.966. The van der Waals surface area contributed by atoms with Crippen molar-refractivity contribution in [2.45, 2.75) is 30.8 Å². The van der Waals surface area contributed by atoms with Gasteiger partial charge in [-0.2, -0.15) is 0 Å². The van der Waals surface area contributed by atoms with Crippen LogP contribution in [0.2, 0.25) is 0 Å². The highest BCUT2D eigenvalue weighted by atomic mass is 16.3. The van der Waals surface area contributed by atoms with Gasteiger partial charge in [-0.1, -0.05) is 0 Å². The van der Waals surface area contributed by atoms with Gasteiger partial charge in [0, 0.05) is 18.6 Å². The van der Waals surface area contributed by atoms with Crippen LogP contribution in [0.5, 0.6) is 0 Å². The van der Waals surface area contributed by atoms with Gasteiger partial charge in [-0.25, -0.2) is 0 Å². The Morgan fingerprint density at radius 3 is 2.50 bits per heavy atom. The molecule has 1 saturated carbocycles. The average Bonchev–Trinajstić information content (AvgIpc) is 2.77. The first-order valence-corrected chi connectivity index (χ1v) is 6.70. The fraction of sp³-hybridized carbons (Fsp3) is 0.714. The van der Waals surface area contributed by atoms with E-state index in [1.54, 1.807) is 6.26 Å². The predicted octanol–water partition coefficient (Wildman–Crippen LogP) is 1.70. The molecule has 102 valence electrons. The summed E-state index contributed by atoms with van der Waals surface area (Å²) in [7, 11) is 6.50. The van der Waals surface area contributed by atoms with Gasteiger partial charge in [0.25, 0.3) is 0 Å². The van der Waals surface area contributed by atoms with E-state index in [1.165, 1.54) is 19.3 Å². The molecule has 1 aromatic rings. The quantitative estimate of drug-likeness (QED) is 0.836. The smallest absolute Gasteiger partial charge is 0.122 e. The monoisotopic (exact) mass is 251 g/mol. The molecule has 18 heavy (non-hydrogen) atoms. The van der Waals surface area contributed by atoms with E-state index in [2.05, 4.69) is 30.9 Å². The minimum absolute atomic E-state index is 0.178. The molecule has 1 unspecified atom stereocenters. The van der Waals surface area contributed by atoms with E-state index in [1.807, 2.05) is 12.1 Å². The van der Waals surface area contributed by atoms with Crippen LogP contribution in [-0.4, -0.2) is 49.6 Å². The summed E-state index contributed by atoms with van der Waals surface area (Å²) in [5.41, 5.74) is 6.23. The lowest BCUT2D eigenvalue weighted by molar-refractivity contribution is 0.0142. The molecule has 1 heterocycles. The Morgan fingerprint density at radius 1 is 1.39 bits per heavy atom. The Balaban J connectivity index is 2.04. The van der Waals surface area contributed by atoms with Crippen molar-refractivity contribution in [3.63, 3.8) is 0 Å². The molecule has 1 fully saturated rings. The van der Waals surface area contributed by atoms with Crippen molar-refractivity contribution < 1.29 is 4.42 Å². The first-order chi connectivity index (χ1) is 8.59. The Labute approximate surface area is 110 Å². The number of nitrogens with two attached hydrogens (primary N) is 1. The van der Waals surface area contributed by atoms with E-state index in [0.717, 1.165) is 12.3 Å². The molecule has 1 aliphatic rings. The van der Waals surface area contributed by atoms with Gasteiger partial charge in [-0.3, -0.25) is 4.90 Å². The van der Waals surface area contributed by atoms with Gasteiger partial charge in [0.15, 0.2) is 0 Å². The molecule has 0 aliphatic heterocycles. The minimum Gasteiger partial charge on any atom is -0.468 e. The van der Waals surface area contributed by atoms with Crippen molar-refractivity contribution in [3.8, 4) is 0 Å². The molecular weight excluding hydrogens is 226 g/mol. The van der Waals surface area contributed by atoms with Gasteiger partial charge < -0.3 is 15.1 Å². The summed E-state index contributed by atoms with van der Waals surface area (Å²) >= 11 is 0. The Hall–Kier alpha value is -0.840. The molecule has 1 atom stereocenters. The van der Waals surface area contributed by atoms with E-state index < -0.39 is 0 Å². The lowest BCUT2D eigenvalue weighted by Crippen LogP contribution is -2.57. The van der Waals surface area contributed by atoms with Gasteiger partial charge in [-0.15, -0.1) is 0 Å². The van der Waals surface area contributed by atoms with Crippen LogP contribution in [-0.2, 0) is 0 Å². The molecule has 0 aromatic carbocycles. The third-order valence-corrected chi connectivity index (χ3v) is 4.40. The van der Waals surface area contributed by atoms with E-state index in [9.17, 15) is 0 Å². The molecule has 2 rings (SSSR count). The zero-order chi connectivity index (χ0) is 13.2. The highest BCUT2D eigenvalue weighted by molar-refractivity contribution is 5.07. The molecule has 1 aliphatic carbocycles. The number of hydrogen-bond donors (Lipinski definition) is 1. The van der Waals surface area contributed by atoms with Gasteiger partial charge >= 0.3 is 0 Å². The first kappa shape index (κ1) is 13.6. The summed E-state index contributed by atoms with van der Waals surface area (Å²) in [6, 6.07) is 4.12. The second kappa shape index (κ2) is 5.43. The zero-order valence-corrected chi connectivity index (χ0v) is 11.7. The summed E-state index contributed by atoms with van der Waals surface area (Å²) < 4.78 is 5.50. The molecule has 1 aromatic heterocycles. The SMILES string of the molecule is CN(CC1(N(C)C)CCC1)C(CN)c1ccco1. The summed E-state index contributed by atoms with van der Waals surface area (Å²) in [4.78, 5) is 4.70. The highest BCUT2D eigenvalue weighted by Crippen LogP contribution is 2.38. The van der Waals surface area contributed by atoms with E-state index in [-0.39, 0.29) is 6.04 Å². The van der Waals surface area contributed by atoms with Gasteiger partial charge in [-0.05, 0) is 52.5 Å². The summed E-state index contributed by atoms with van der Waals surface area (Å²) in [5, 5.41) is 0. The maximum absolute atomic E-state index is 5.90. The predicted molar refractivity (Wildman–Crippen MR) is 73.4 cm³/mol. The molecule has 0 radical (unpaired) electrons. The molecule has 0 amide bonds. The van der Waals surface area contributed by atoms with Crippen LogP contribution in [0.3, 0.4) is 0 Å². The van der Waals surface area contributed by atoms with Crippen molar-refractivity contribution in [2.24, 2.45) is 5.73 Å². The van der Waals surface area contributed by atoms with Crippen LogP contribution >= 0.6 is 0 Å². The van der Waals surface area contributed by atoms with Crippen molar-refractivity contribution in [1.29, 1.82) is 0 Å². The molecule has 0 saturated heterocycles. The van der Waals surface area contributed by atoms with Crippen LogP contribution in [0.25, 0.3) is 0 Å². The number of hydrogen-bond acceptors (Lipinski definition) is 4. The maximum atomic E-state index is 5.90. The topological polar surface area (TPSA) is 45.6 Å². The maximum Gasteiger partial charge on any atom is 0.122 e. The van der Waals surface area contributed by atoms with Crippen molar-refractivity contribution >= 4 is 0 Å². The fourth-order valence-electron chi connectivity index (χ4n) is 2.90. The molecule has 4 nitrogen and oxygen atoms in total. The Kier molecular flexibility index (Phi) is 4.10. The van der Waals surface area contributed by atoms with Crippen LogP contribution in [0.4, 0.5) is 0 Å². The van der Waals surface area contributed by atoms with Gasteiger partial charge in [0.05, 0.1) is 12.3 Å². The second-order valence-corrected chi connectivity index (χ2v) is 5.65.